The van der Waals surface area contributed by atoms with Gasteiger partial charge >= 0.3 is 5.97 Å². The Bertz CT molecular complexity index is 2830. The highest BCUT2D eigenvalue weighted by atomic mass is 79.9. The van der Waals surface area contributed by atoms with Gasteiger partial charge in [-0.1, -0.05) is 135 Å². The molecule has 0 amide bonds. The second-order valence-electron chi connectivity index (χ2n) is 18.4. The molecular weight excluding hydrogens is 1290 g/mol. The molecule has 0 radical (unpaired) electrons. The van der Waals surface area contributed by atoms with Gasteiger partial charge in [0.05, 0.1) is 50.0 Å². The minimum absolute atomic E-state index is 0. The van der Waals surface area contributed by atoms with Crippen molar-refractivity contribution in [2.75, 3.05) is 31.8 Å². The van der Waals surface area contributed by atoms with E-state index in [9.17, 15) is 46.1 Å². The second kappa shape index (κ2) is 41.7. The molecule has 2 unspecified atom stereocenters. The third-order valence-electron chi connectivity index (χ3n) is 11.9. The van der Waals surface area contributed by atoms with Crippen molar-refractivity contribution in [3.8, 4) is 0 Å². The van der Waals surface area contributed by atoms with Gasteiger partial charge in [-0.15, -0.1) is 6.58 Å². The lowest BCUT2D eigenvalue weighted by Crippen LogP contribution is -2.07. The van der Waals surface area contributed by atoms with Crippen LogP contribution >= 0.6 is 47.8 Å². The molecule has 3 aliphatic heterocycles. The van der Waals surface area contributed by atoms with Crippen LogP contribution in [0.3, 0.4) is 0 Å². The highest BCUT2D eigenvalue weighted by molar-refractivity contribution is 9.12. The van der Waals surface area contributed by atoms with Crippen LogP contribution in [0, 0.1) is 48.0 Å². The number of alkyl halides is 3. The van der Waals surface area contributed by atoms with E-state index in [-0.39, 0.29) is 83.5 Å². The topological polar surface area (TPSA) is 120 Å². The third kappa shape index (κ3) is 29.5. The van der Waals surface area contributed by atoms with Crippen LogP contribution in [-0.2, 0) is 23.7 Å². The van der Waals surface area contributed by atoms with Gasteiger partial charge < -0.3 is 38.9 Å². The second-order valence-corrected chi connectivity index (χ2v) is 21.6. The molecule has 3 aliphatic rings. The Morgan fingerprint density at radius 2 is 0.952 bits per heavy atom. The Kier molecular flexibility index (Phi) is 36.7. The van der Waals surface area contributed by atoms with Gasteiger partial charge in [-0.3, -0.25) is 9.59 Å². The molecule has 19 heteroatoms. The average Bonchev–Trinajstić information content (AvgIpc) is 4.50. The van der Waals surface area contributed by atoms with Crippen molar-refractivity contribution in [1.82, 2.24) is 0 Å². The summed E-state index contributed by atoms with van der Waals surface area (Å²) in [4.78, 5) is 27.4. The Labute approximate surface area is 514 Å². The zero-order valence-corrected chi connectivity index (χ0v) is 50.2. The van der Waals surface area contributed by atoms with Gasteiger partial charge in [0.25, 0.3) is 0 Å². The summed E-state index contributed by atoms with van der Waals surface area (Å²) in [5.74, 6) is -1.83. The number of rotatable bonds is 13. The Morgan fingerprint density at radius 3 is 1.24 bits per heavy atom. The summed E-state index contributed by atoms with van der Waals surface area (Å²) in [6.07, 6.45) is 6.29. The maximum absolute atomic E-state index is 12.6. The van der Waals surface area contributed by atoms with E-state index in [4.69, 9.17) is 27.4 Å². The van der Waals surface area contributed by atoms with Gasteiger partial charge in [-0.05, 0) is 132 Å². The maximum atomic E-state index is 12.6. The predicted octanol–water partition coefficient (Wildman–Crippen LogP) is 17.1. The molecule has 0 saturated carbocycles. The van der Waals surface area contributed by atoms with E-state index in [1.165, 1.54) is 97.9 Å². The van der Waals surface area contributed by atoms with Crippen LogP contribution in [0.4, 0.5) is 26.3 Å². The molecule has 0 aromatic heterocycles. The molecule has 84 heavy (non-hydrogen) atoms. The smallest absolute Gasteiger partial charge is 0.302 e. The summed E-state index contributed by atoms with van der Waals surface area (Å²) < 4.78 is 95.8. The molecule has 0 aliphatic carbocycles. The van der Waals surface area contributed by atoms with E-state index in [1.54, 1.807) is 66.7 Å². The minimum atomic E-state index is -0.567. The van der Waals surface area contributed by atoms with Crippen LogP contribution in [0.5, 0.6) is 0 Å². The molecule has 450 valence electrons. The van der Waals surface area contributed by atoms with E-state index in [0.29, 0.717) is 49.3 Å². The fourth-order valence-electron chi connectivity index (χ4n) is 7.54. The van der Waals surface area contributed by atoms with Crippen LogP contribution in [0.25, 0.3) is 9.69 Å². The normalized spacial score (nSPS) is 18.9. The van der Waals surface area contributed by atoms with Gasteiger partial charge in [-0.2, -0.15) is 0 Å². The first-order valence-electron chi connectivity index (χ1n) is 25.9. The SMILES string of the molecule is C.C=CCOC(C)=O.C=CC[C@@H](O)c1ccc(F)cc1.Fc1ccc([C@H]2CC(Br)CO2)cc1.O=Cc1ccc(F)cc1.O[C@H](CC(Br)CBr)c1ccc(F)cc1.[C-]#[N+][C@@H]1CO[C@@H](c2ccc(F)cc2)C1.[C-]#[N+][C@H]1CO[C@@H](c2ccc(F)cc2)C1. The molecule has 0 spiro atoms. The lowest BCUT2D eigenvalue weighted by Gasteiger charge is -2.13. The van der Waals surface area contributed by atoms with E-state index in [0.717, 1.165) is 59.0 Å². The van der Waals surface area contributed by atoms with Gasteiger partial charge in [0.2, 0.25) is 12.1 Å². The van der Waals surface area contributed by atoms with E-state index < -0.39 is 12.2 Å². The monoisotopic (exact) mass is 1360 g/mol. The molecule has 3 saturated heterocycles. The van der Waals surface area contributed by atoms with Crippen LogP contribution in [0.1, 0.15) is 115 Å². The van der Waals surface area contributed by atoms with Crippen molar-refractivity contribution in [3.05, 3.63) is 262 Å². The van der Waals surface area contributed by atoms with E-state index in [2.05, 4.69) is 75.4 Å². The quantitative estimate of drug-likeness (QED) is 0.0293. The first kappa shape index (κ1) is 73.8. The summed E-state index contributed by atoms with van der Waals surface area (Å²) >= 11 is 10.2. The van der Waals surface area contributed by atoms with Gasteiger partial charge in [0, 0.05) is 27.5 Å². The van der Waals surface area contributed by atoms with Crippen molar-refractivity contribution in [2.24, 2.45) is 0 Å². The number of halogens is 9. The molecule has 10 nitrogen and oxygen atoms in total. The molecule has 9 atom stereocenters. The number of aliphatic hydroxyl groups is 2. The molecular formula is C65H69Br3F6N2O8. The largest absolute Gasteiger partial charge is 0.462 e. The van der Waals surface area contributed by atoms with Crippen molar-refractivity contribution < 1.29 is 65.1 Å². The zero-order chi connectivity index (χ0) is 61.1. The van der Waals surface area contributed by atoms with E-state index >= 15 is 0 Å². The fourth-order valence-corrected chi connectivity index (χ4v) is 8.65. The summed E-state index contributed by atoms with van der Waals surface area (Å²) in [5.41, 5.74) is 4.93. The fraction of sp³-hybridized carbons (Fsp3) is 0.323. The third-order valence-corrected chi connectivity index (χ3v) is 14.9. The van der Waals surface area contributed by atoms with Gasteiger partial charge in [-0.25, -0.2) is 39.5 Å². The summed E-state index contributed by atoms with van der Waals surface area (Å²) in [6, 6.07) is 36.1. The highest BCUT2D eigenvalue weighted by Gasteiger charge is 2.31. The Balaban J connectivity index is 0.000000337. The van der Waals surface area contributed by atoms with Crippen LogP contribution in [0.15, 0.2) is 171 Å². The molecule has 3 fully saturated rings. The Morgan fingerprint density at radius 1 is 0.607 bits per heavy atom. The number of esters is 1. The zero-order valence-electron chi connectivity index (χ0n) is 45.4. The highest BCUT2D eigenvalue weighted by Crippen LogP contribution is 2.33. The molecule has 6 aromatic rings. The number of ether oxygens (including phenoxy) is 4. The molecule has 6 aromatic carbocycles. The number of aldehydes is 1. The van der Waals surface area contributed by atoms with Crippen molar-refractivity contribution >= 4 is 60.0 Å². The maximum Gasteiger partial charge on any atom is 0.302 e. The first-order chi connectivity index (χ1) is 39.8. The van der Waals surface area contributed by atoms with Crippen molar-refractivity contribution in [3.63, 3.8) is 0 Å². The molecule has 2 N–H and O–H groups in total. The lowest BCUT2D eigenvalue weighted by atomic mass is 10.1. The van der Waals surface area contributed by atoms with Crippen LogP contribution in [0.2, 0.25) is 0 Å². The molecule has 0 bridgehead atoms. The summed E-state index contributed by atoms with van der Waals surface area (Å²) in [5, 5.41) is 19.9. The number of carbonyl (C=O) groups excluding carboxylic acids is 2. The number of aliphatic hydroxyl groups excluding tert-OH is 2. The number of carbonyl (C=O) groups is 2. The van der Waals surface area contributed by atoms with Gasteiger partial charge in [0.1, 0.15) is 61.0 Å². The standard InChI is InChI=1S/2C11H10FNO.C10H11Br2FO.C10H10BrFO.C10H11FO.C7H5FO.C5H8O2.CH4/c2*1-13-10-6-11(14-7-10)8-2-4-9(12)5-3-8;11-6-8(12)5-10(14)7-1-3-9(13)4-2-7;11-8-5-10(13-6-8)7-1-3-9(12)4-2-7;1-2-3-10(12)8-4-6-9(11)7-5-8;8-7-3-1-6(5-9)2-4-7;1-3-4-7-5(2)6;/h2*2-5,10-11H,6-7H2;1-4,8,10,14H,5-6H2;1-4,8,10H,5-6H2;2,4-7,10,12H,1,3H2;1-5H;3H,1,4H2,2H3;1H4/t10-,11+;10-,11-;2*8?,10-;10-;;;/m01111.../s1. The van der Waals surface area contributed by atoms with Crippen molar-refractivity contribution in [1.29, 1.82) is 0 Å². The number of hydrogen-bond donors (Lipinski definition) is 2. The molecule has 9 rings (SSSR count). The van der Waals surface area contributed by atoms with Crippen molar-refractivity contribution in [2.45, 2.75) is 98.7 Å². The number of hydrogen-bond acceptors (Lipinski definition) is 8. The van der Waals surface area contributed by atoms with Crippen LogP contribution < -0.4 is 0 Å². The molecule has 3 heterocycles. The lowest BCUT2D eigenvalue weighted by molar-refractivity contribution is -0.139. The average molecular weight is 1360 g/mol. The first-order valence-corrected chi connectivity index (χ1v) is 28.9. The minimum Gasteiger partial charge on any atom is -0.462 e. The Hall–Kier alpha value is -6.26. The summed E-state index contributed by atoms with van der Waals surface area (Å²) in [7, 11) is 0. The predicted molar refractivity (Wildman–Crippen MR) is 327 cm³/mol. The number of nitrogens with zero attached hydrogens (tertiary/aromatic N) is 2. The summed E-state index contributed by atoms with van der Waals surface area (Å²) in [6.45, 7) is 24.0. The van der Waals surface area contributed by atoms with E-state index in [1.807, 2.05) is 0 Å². The number of benzene rings is 6. The van der Waals surface area contributed by atoms with Gasteiger partial charge in [0.15, 0.2) is 0 Å². The van der Waals surface area contributed by atoms with Crippen LogP contribution in [-0.4, -0.2) is 76.0 Å².